The van der Waals surface area contributed by atoms with Gasteiger partial charge in [-0.05, 0) is 82.4 Å². The maximum Gasteiger partial charge on any atom is 0.411 e. The third kappa shape index (κ3) is 8.05. The largest absolute Gasteiger partial charge is 0.489 e. The van der Waals surface area contributed by atoms with Gasteiger partial charge in [-0.25, -0.2) is 18.2 Å². The Hall–Kier alpha value is -4.81. The number of hydrogen-bond donors (Lipinski definition) is 3. The monoisotopic (exact) mass is 862 g/mol. The molecule has 3 N–H and O–H groups in total. The quantitative estimate of drug-likeness (QED) is 0.304. The number of fused-ring (bicyclic) bond motifs is 5. The Morgan fingerprint density at radius 3 is 2.53 bits per heavy atom. The third-order valence-electron chi connectivity index (χ3n) is 12.9. The minimum atomic E-state index is -5.09. The molecule has 328 valence electrons. The van der Waals surface area contributed by atoms with Gasteiger partial charge in [-0.15, -0.1) is 0 Å². The zero-order valence-electron chi connectivity index (χ0n) is 34.3. The number of carboxylic acid groups (broad SMARTS) is 1. The summed E-state index contributed by atoms with van der Waals surface area (Å²) < 4.78 is 85.0. The zero-order chi connectivity index (χ0) is 43.5. The van der Waals surface area contributed by atoms with E-state index in [1.165, 1.54) is 6.20 Å². The van der Waals surface area contributed by atoms with E-state index < -0.39 is 86.4 Å². The molecular weight excluding hydrogens is 810 g/mol. The molecule has 1 aromatic heterocycles. The summed E-state index contributed by atoms with van der Waals surface area (Å²) in [5, 5.41) is 13.9. The van der Waals surface area contributed by atoms with Crippen molar-refractivity contribution in [2.45, 2.75) is 120 Å². The number of sulfonamides is 1. The lowest BCUT2D eigenvalue weighted by molar-refractivity contribution is -0.222. The number of rotatable bonds is 8. The number of anilines is 1. The van der Waals surface area contributed by atoms with Gasteiger partial charge in [0.05, 0.1) is 24.0 Å². The SMILES string of the molecule is CC[C@@H]1C[C@H](C)CCC=C[C@@H]2C[C@@]2(C(=O)NS(=O)(=O)C2CC2)NC(=O)[C@@H]2C[C@@H](Oc3nccc4c5c(ccc34)N(C)CCO5)CN2C(=O)[C@H]1N(C(=O)O)C(C)(C)C(F)(F)F. The number of carbonyl (C=O) groups is 4. The van der Waals surface area contributed by atoms with Gasteiger partial charge in [0.25, 0.3) is 5.91 Å². The first-order valence-corrected chi connectivity index (χ1v) is 22.1. The van der Waals surface area contributed by atoms with Crippen LogP contribution in [0.2, 0.25) is 0 Å². The summed E-state index contributed by atoms with van der Waals surface area (Å²) in [6.45, 7) is 5.75. The number of alkyl halides is 3. The maximum atomic E-state index is 15.2. The summed E-state index contributed by atoms with van der Waals surface area (Å²) in [6.07, 6.45) is -0.992. The van der Waals surface area contributed by atoms with Crippen LogP contribution in [0.3, 0.4) is 0 Å². The predicted octanol–water partition coefficient (Wildman–Crippen LogP) is 4.99. The van der Waals surface area contributed by atoms with E-state index in [1.54, 1.807) is 25.1 Å². The molecule has 7 atom stereocenters. The fourth-order valence-corrected chi connectivity index (χ4v) is 10.3. The number of amides is 4. The van der Waals surface area contributed by atoms with Gasteiger partial charge in [-0.1, -0.05) is 32.4 Å². The van der Waals surface area contributed by atoms with E-state index in [0.717, 1.165) is 10.6 Å². The Morgan fingerprint density at radius 2 is 1.87 bits per heavy atom. The number of aromatic nitrogens is 1. The number of benzene rings is 1. The fraction of sp³-hybridized carbons (Fsp3) is 0.634. The van der Waals surface area contributed by atoms with Gasteiger partial charge >= 0.3 is 12.3 Å². The molecule has 2 aromatic rings. The van der Waals surface area contributed by atoms with Crippen LogP contribution in [0, 0.1) is 17.8 Å². The van der Waals surface area contributed by atoms with Crippen LogP contribution in [0.5, 0.6) is 11.6 Å². The first kappa shape index (κ1) is 43.3. The van der Waals surface area contributed by atoms with Crippen LogP contribution < -0.4 is 24.4 Å². The number of carbonyl (C=O) groups excluding carboxylic acids is 3. The van der Waals surface area contributed by atoms with Crippen molar-refractivity contribution in [2.75, 3.05) is 31.6 Å². The molecule has 2 saturated carbocycles. The van der Waals surface area contributed by atoms with E-state index in [-0.39, 0.29) is 48.9 Å². The molecule has 19 heteroatoms. The fourth-order valence-electron chi connectivity index (χ4n) is 8.97. The Balaban J connectivity index is 1.30. The Bertz CT molecular complexity index is 2180. The van der Waals surface area contributed by atoms with Gasteiger partial charge in [0.1, 0.15) is 35.9 Å². The van der Waals surface area contributed by atoms with Crippen LogP contribution >= 0.6 is 0 Å². The molecule has 0 radical (unpaired) electrons. The summed E-state index contributed by atoms with van der Waals surface area (Å²) in [6, 6.07) is 2.08. The summed E-state index contributed by atoms with van der Waals surface area (Å²) >= 11 is 0. The number of nitrogens with zero attached hydrogens (tertiary/aromatic N) is 4. The van der Waals surface area contributed by atoms with Crippen molar-refractivity contribution in [2.24, 2.45) is 17.8 Å². The number of likely N-dealkylation sites (N-methyl/N-ethyl adjacent to an activating group) is 1. The second kappa shape index (κ2) is 15.9. The van der Waals surface area contributed by atoms with Crippen molar-refractivity contribution >= 4 is 50.3 Å². The number of nitrogens with one attached hydrogen (secondary N) is 2. The van der Waals surface area contributed by atoms with E-state index in [9.17, 15) is 41.1 Å². The lowest BCUT2D eigenvalue weighted by Crippen LogP contribution is -2.66. The van der Waals surface area contributed by atoms with Crippen molar-refractivity contribution in [3.63, 3.8) is 0 Å². The molecular formula is C41H53F3N6O9S. The highest BCUT2D eigenvalue weighted by molar-refractivity contribution is 7.91. The summed E-state index contributed by atoms with van der Waals surface area (Å²) in [4.78, 5) is 64.5. The van der Waals surface area contributed by atoms with Gasteiger partial charge in [0, 0.05) is 36.4 Å². The molecule has 4 heterocycles. The highest BCUT2D eigenvalue weighted by Gasteiger charge is 2.63. The summed E-state index contributed by atoms with van der Waals surface area (Å²) in [5.41, 5.74) is -3.88. The summed E-state index contributed by atoms with van der Waals surface area (Å²) in [7, 11) is -2.09. The first-order valence-electron chi connectivity index (χ1n) is 20.6. The van der Waals surface area contributed by atoms with Gasteiger partial charge in [0.2, 0.25) is 27.7 Å². The van der Waals surface area contributed by atoms with E-state index >= 15 is 4.79 Å². The highest BCUT2D eigenvalue weighted by Crippen LogP contribution is 2.47. The molecule has 1 aromatic carbocycles. The highest BCUT2D eigenvalue weighted by atomic mass is 32.2. The standard InChI is InChI=1S/C41H53F3N6O9S/c1-6-24-19-23(2)9-7-8-10-25-21-40(25,37(53)47-60(56,57)27-11-12-27)46-34(51)31-20-26(22-49(31)36(52)32(24)50(38(54)55)39(3,4)41(42,43)44)59-35-29-13-14-30-33(28(29)15-16-45-35)58-18-17-48(30)5/h8,10,13-16,23-27,31-32H,6-7,9,11-12,17-22H2,1-5H3,(H,46,51)(H,47,53)(H,54,55)/t23-,24-,25-,26-,31+,32+,40-/m1/s1. The van der Waals surface area contributed by atoms with Crippen LogP contribution in [0.25, 0.3) is 10.8 Å². The van der Waals surface area contributed by atoms with E-state index in [1.807, 2.05) is 31.0 Å². The molecule has 0 spiro atoms. The normalized spacial score (nSPS) is 28.9. The van der Waals surface area contributed by atoms with Crippen molar-refractivity contribution in [3.05, 3.63) is 36.5 Å². The molecule has 15 nitrogen and oxygen atoms in total. The van der Waals surface area contributed by atoms with Crippen molar-refractivity contribution in [1.29, 1.82) is 0 Å². The van der Waals surface area contributed by atoms with Crippen molar-refractivity contribution < 1.29 is 55.3 Å². The topological polar surface area (TPSA) is 188 Å². The molecule has 1 saturated heterocycles. The van der Waals surface area contributed by atoms with Crippen LogP contribution in [0.15, 0.2) is 36.5 Å². The molecule has 0 bridgehead atoms. The average Bonchev–Trinajstić information content (AvgIpc) is 4.10. The smallest absolute Gasteiger partial charge is 0.411 e. The number of ether oxygens (including phenoxy) is 2. The number of hydrogen-bond acceptors (Lipinski definition) is 10. The first-order chi connectivity index (χ1) is 28.2. The van der Waals surface area contributed by atoms with Crippen LogP contribution in [0.4, 0.5) is 23.7 Å². The van der Waals surface area contributed by atoms with Gasteiger partial charge in [-0.3, -0.25) is 24.0 Å². The minimum Gasteiger partial charge on any atom is -0.489 e. The zero-order valence-corrected chi connectivity index (χ0v) is 35.1. The predicted molar refractivity (Wildman–Crippen MR) is 214 cm³/mol. The molecule has 4 amide bonds. The van der Waals surface area contributed by atoms with Gasteiger partial charge in [0.15, 0.2) is 5.75 Å². The third-order valence-corrected chi connectivity index (χ3v) is 14.7. The van der Waals surface area contributed by atoms with Gasteiger partial charge < -0.3 is 29.7 Å². The molecule has 60 heavy (non-hydrogen) atoms. The molecule has 2 aliphatic carbocycles. The second-order valence-corrected chi connectivity index (χ2v) is 19.5. The molecule has 3 fully saturated rings. The van der Waals surface area contributed by atoms with E-state index in [2.05, 4.69) is 15.0 Å². The number of pyridine rings is 1. The van der Waals surface area contributed by atoms with E-state index in [0.29, 0.717) is 69.2 Å². The maximum absolute atomic E-state index is 15.2. The molecule has 7 rings (SSSR count). The Morgan fingerprint density at radius 1 is 1.13 bits per heavy atom. The lowest BCUT2D eigenvalue weighted by atomic mass is 9.82. The van der Waals surface area contributed by atoms with Gasteiger partial charge in [-0.2, -0.15) is 13.2 Å². The van der Waals surface area contributed by atoms with Crippen LogP contribution in [-0.4, -0.2) is 120 Å². The Kier molecular flexibility index (Phi) is 11.5. The number of halogens is 3. The molecule has 5 aliphatic rings. The number of allylic oxidation sites excluding steroid dienone is 1. The average molecular weight is 863 g/mol. The summed E-state index contributed by atoms with van der Waals surface area (Å²) in [5.74, 6) is -3.73. The van der Waals surface area contributed by atoms with E-state index in [4.69, 9.17) is 9.47 Å². The Labute approximate surface area is 347 Å². The second-order valence-electron chi connectivity index (χ2n) is 17.5. The van der Waals surface area contributed by atoms with Crippen molar-refractivity contribution in [1.82, 2.24) is 24.8 Å². The van der Waals surface area contributed by atoms with Crippen LogP contribution in [0.1, 0.15) is 79.1 Å². The lowest BCUT2D eigenvalue weighted by Gasteiger charge is -2.46. The van der Waals surface area contributed by atoms with Crippen LogP contribution in [-0.2, 0) is 24.4 Å². The molecule has 0 unspecified atom stereocenters. The minimum absolute atomic E-state index is 0.0615. The molecule has 3 aliphatic heterocycles. The van der Waals surface area contributed by atoms with Crippen molar-refractivity contribution in [3.8, 4) is 11.6 Å².